The van der Waals surface area contributed by atoms with Crippen LogP contribution in [-0.2, 0) is 14.8 Å². The molecule has 0 aliphatic carbocycles. The molecule has 2 N–H and O–H groups in total. The predicted octanol–water partition coefficient (Wildman–Crippen LogP) is 1.78. The number of carbonyl (C=O) groups excluding carboxylic acids is 2. The van der Waals surface area contributed by atoms with Crippen molar-refractivity contribution in [3.8, 4) is 5.75 Å². The number of benzene rings is 2. The Morgan fingerprint density at radius 1 is 1.03 bits per heavy atom. The van der Waals surface area contributed by atoms with E-state index in [0.717, 1.165) is 0 Å². The van der Waals surface area contributed by atoms with E-state index in [1.54, 1.807) is 29.2 Å². The number of carbonyl (C=O) groups is 2. The van der Waals surface area contributed by atoms with Crippen LogP contribution in [0.5, 0.6) is 5.75 Å². The van der Waals surface area contributed by atoms with Crippen LogP contribution in [0.3, 0.4) is 0 Å². The Morgan fingerprint density at radius 2 is 1.65 bits per heavy atom. The molecule has 9 heteroatoms. The molecule has 0 radical (unpaired) electrons. The smallest absolute Gasteiger partial charge is 0.251 e. The van der Waals surface area contributed by atoms with Crippen LogP contribution in [0.25, 0.3) is 0 Å². The highest BCUT2D eigenvalue weighted by Crippen LogP contribution is 2.17. The molecule has 2 aromatic rings. The molecule has 1 fully saturated rings. The monoisotopic (exact) mass is 445 g/mol. The maximum absolute atomic E-state index is 12.7. The van der Waals surface area contributed by atoms with E-state index in [2.05, 4.69) is 10.0 Å². The Morgan fingerprint density at radius 3 is 2.23 bits per heavy atom. The summed E-state index contributed by atoms with van der Waals surface area (Å²) in [6, 6.07) is 14.0. The summed E-state index contributed by atoms with van der Waals surface area (Å²) in [6.45, 7) is 2.44. The molecule has 0 saturated carbocycles. The Kier molecular flexibility index (Phi) is 7.29. The van der Waals surface area contributed by atoms with Crippen LogP contribution < -0.4 is 14.8 Å². The Bertz CT molecular complexity index is 1000. The van der Waals surface area contributed by atoms with Crippen molar-refractivity contribution in [2.45, 2.75) is 36.7 Å². The van der Waals surface area contributed by atoms with Crippen LogP contribution in [0.1, 0.15) is 30.1 Å². The van der Waals surface area contributed by atoms with E-state index >= 15 is 0 Å². The third-order valence-electron chi connectivity index (χ3n) is 5.25. The van der Waals surface area contributed by atoms with Gasteiger partial charge < -0.3 is 15.0 Å². The van der Waals surface area contributed by atoms with Gasteiger partial charge in [-0.3, -0.25) is 9.59 Å². The summed E-state index contributed by atoms with van der Waals surface area (Å²) in [5.74, 6) is 0.126. The van der Waals surface area contributed by atoms with E-state index in [-0.39, 0.29) is 22.8 Å². The minimum atomic E-state index is -3.84. The second-order valence-corrected chi connectivity index (χ2v) is 9.17. The molecule has 1 saturated heterocycles. The second kappa shape index (κ2) is 9.93. The lowest BCUT2D eigenvalue weighted by Gasteiger charge is -2.34. The third kappa shape index (κ3) is 5.83. The van der Waals surface area contributed by atoms with Crippen molar-refractivity contribution < 1.29 is 22.7 Å². The lowest BCUT2D eigenvalue weighted by molar-refractivity contribution is -0.133. The summed E-state index contributed by atoms with van der Waals surface area (Å²) in [6.07, 6.45) is 1.23. The predicted molar refractivity (Wildman–Crippen MR) is 116 cm³/mol. The van der Waals surface area contributed by atoms with Crippen LogP contribution in [0.4, 0.5) is 0 Å². The largest absolute Gasteiger partial charge is 0.497 e. The van der Waals surface area contributed by atoms with Gasteiger partial charge in [0.15, 0.2) is 0 Å². The van der Waals surface area contributed by atoms with Crippen molar-refractivity contribution in [1.29, 1.82) is 0 Å². The molecule has 1 aliphatic heterocycles. The molecule has 0 aromatic heterocycles. The molecule has 8 nitrogen and oxygen atoms in total. The maximum Gasteiger partial charge on any atom is 0.251 e. The van der Waals surface area contributed by atoms with Gasteiger partial charge in [-0.15, -0.1) is 0 Å². The Labute approximate surface area is 182 Å². The number of amides is 2. The molecule has 1 heterocycles. The molecule has 3 rings (SSSR count). The molecule has 2 aromatic carbocycles. The number of hydrogen-bond donors (Lipinski definition) is 2. The Balaban J connectivity index is 1.52. The van der Waals surface area contributed by atoms with Gasteiger partial charge in [0.05, 0.1) is 18.0 Å². The van der Waals surface area contributed by atoms with E-state index in [0.29, 0.717) is 37.2 Å². The van der Waals surface area contributed by atoms with Crippen molar-refractivity contribution in [3.05, 3.63) is 60.2 Å². The number of rotatable bonds is 7. The molecule has 0 spiro atoms. The van der Waals surface area contributed by atoms with Gasteiger partial charge in [0.2, 0.25) is 15.9 Å². The van der Waals surface area contributed by atoms with E-state index in [1.807, 2.05) is 18.2 Å². The van der Waals surface area contributed by atoms with Gasteiger partial charge in [-0.05, 0) is 56.2 Å². The number of methoxy groups -OCH3 is 1. The van der Waals surface area contributed by atoms with Crippen LogP contribution >= 0.6 is 0 Å². The Hall–Kier alpha value is -2.91. The second-order valence-electron chi connectivity index (χ2n) is 7.46. The molecule has 0 unspecified atom stereocenters. The van der Waals surface area contributed by atoms with E-state index < -0.39 is 16.1 Å². The normalized spacial score (nSPS) is 15.9. The first-order valence-electron chi connectivity index (χ1n) is 10.1. The number of likely N-dealkylation sites (tertiary alicyclic amines) is 1. The zero-order valence-electron chi connectivity index (χ0n) is 17.6. The van der Waals surface area contributed by atoms with Gasteiger partial charge in [-0.2, -0.15) is 4.72 Å². The van der Waals surface area contributed by atoms with Crippen molar-refractivity contribution in [3.63, 3.8) is 0 Å². The molecule has 1 aliphatic rings. The lowest BCUT2D eigenvalue weighted by atomic mass is 10.0. The van der Waals surface area contributed by atoms with Gasteiger partial charge in [0.25, 0.3) is 5.91 Å². The number of hydrogen-bond acceptors (Lipinski definition) is 5. The summed E-state index contributed by atoms with van der Waals surface area (Å²) in [7, 11) is -2.34. The molecular weight excluding hydrogens is 418 g/mol. The minimum Gasteiger partial charge on any atom is -0.497 e. The van der Waals surface area contributed by atoms with Gasteiger partial charge in [-0.25, -0.2) is 8.42 Å². The summed E-state index contributed by atoms with van der Waals surface area (Å²) in [4.78, 5) is 26.7. The van der Waals surface area contributed by atoms with Gasteiger partial charge in [0.1, 0.15) is 5.75 Å². The third-order valence-corrected chi connectivity index (χ3v) is 6.81. The molecular formula is C22H27N3O5S. The minimum absolute atomic E-state index is 0.0250. The zero-order valence-corrected chi connectivity index (χ0v) is 18.4. The standard InChI is InChI=1S/C22H27N3O5S/c1-16(24-31(28,29)20-10-8-19(30-2)9-11-20)22(27)25-14-12-18(13-15-25)23-21(26)17-6-4-3-5-7-17/h3-11,16,18,24H,12-15H2,1-2H3,(H,23,26)/t16-/m1/s1. The highest BCUT2D eigenvalue weighted by Gasteiger charge is 2.29. The topological polar surface area (TPSA) is 105 Å². The fourth-order valence-corrected chi connectivity index (χ4v) is 4.68. The van der Waals surface area contributed by atoms with E-state index in [9.17, 15) is 18.0 Å². The molecule has 2 amide bonds. The summed E-state index contributed by atoms with van der Waals surface area (Å²) >= 11 is 0. The lowest BCUT2D eigenvalue weighted by Crippen LogP contribution is -2.52. The highest BCUT2D eigenvalue weighted by atomic mass is 32.2. The first-order valence-corrected chi connectivity index (χ1v) is 11.6. The summed E-state index contributed by atoms with van der Waals surface area (Å²) in [5, 5.41) is 2.99. The summed E-state index contributed by atoms with van der Waals surface area (Å²) in [5.41, 5.74) is 0.600. The number of sulfonamides is 1. The van der Waals surface area contributed by atoms with E-state index in [1.165, 1.54) is 26.2 Å². The number of ether oxygens (including phenoxy) is 1. The SMILES string of the molecule is COc1ccc(S(=O)(=O)N[C@H](C)C(=O)N2CCC(NC(=O)c3ccccc3)CC2)cc1. The van der Waals surface area contributed by atoms with Gasteiger partial charge in [-0.1, -0.05) is 18.2 Å². The zero-order chi connectivity index (χ0) is 22.4. The van der Waals surface area contributed by atoms with E-state index in [4.69, 9.17) is 4.74 Å². The average Bonchev–Trinajstić information content (AvgIpc) is 2.79. The molecule has 166 valence electrons. The van der Waals surface area contributed by atoms with Crippen LogP contribution in [0.15, 0.2) is 59.5 Å². The average molecular weight is 446 g/mol. The van der Waals surface area contributed by atoms with Gasteiger partial charge >= 0.3 is 0 Å². The fraction of sp³-hybridized carbons (Fsp3) is 0.364. The van der Waals surface area contributed by atoms with Crippen molar-refractivity contribution in [2.24, 2.45) is 0 Å². The van der Waals surface area contributed by atoms with Crippen molar-refractivity contribution in [1.82, 2.24) is 14.9 Å². The van der Waals surface area contributed by atoms with Crippen LogP contribution in [-0.4, -0.2) is 57.4 Å². The molecule has 31 heavy (non-hydrogen) atoms. The maximum atomic E-state index is 12.7. The summed E-state index contributed by atoms with van der Waals surface area (Å²) < 4.78 is 32.6. The van der Waals surface area contributed by atoms with Crippen LogP contribution in [0, 0.1) is 0 Å². The fourth-order valence-electron chi connectivity index (χ4n) is 3.48. The van der Waals surface area contributed by atoms with Gasteiger partial charge in [0, 0.05) is 24.7 Å². The van der Waals surface area contributed by atoms with Crippen molar-refractivity contribution >= 4 is 21.8 Å². The highest BCUT2D eigenvalue weighted by molar-refractivity contribution is 7.89. The molecule has 0 bridgehead atoms. The number of piperidine rings is 1. The quantitative estimate of drug-likeness (QED) is 0.676. The first-order chi connectivity index (χ1) is 14.8. The first kappa shape index (κ1) is 22.8. The number of nitrogens with one attached hydrogen (secondary N) is 2. The van der Waals surface area contributed by atoms with Crippen molar-refractivity contribution in [2.75, 3.05) is 20.2 Å². The number of nitrogens with zero attached hydrogens (tertiary/aromatic N) is 1. The van der Waals surface area contributed by atoms with Crippen LogP contribution in [0.2, 0.25) is 0 Å². The molecule has 1 atom stereocenters.